The lowest BCUT2D eigenvalue weighted by Gasteiger charge is -2.26. The number of anilines is 6. The van der Waals surface area contributed by atoms with Crippen LogP contribution in [0.4, 0.5) is 34.1 Å². The zero-order valence-electron chi connectivity index (χ0n) is 32.2. The van der Waals surface area contributed by atoms with Crippen LogP contribution in [0.25, 0.3) is 24.3 Å². The fourth-order valence-electron chi connectivity index (χ4n) is 6.63. The first-order chi connectivity index (χ1) is 26.2. The number of aryl methyl sites for hydroxylation is 6. The van der Waals surface area contributed by atoms with Gasteiger partial charge in [0.05, 0.1) is 0 Å². The van der Waals surface area contributed by atoms with Crippen molar-refractivity contribution in [3.63, 3.8) is 0 Å². The Morgan fingerprint density at radius 3 is 0.944 bits per heavy atom. The summed E-state index contributed by atoms with van der Waals surface area (Å²) in [5, 5.41) is 0. The predicted molar refractivity (Wildman–Crippen MR) is 235 cm³/mol. The normalized spacial score (nSPS) is 11.4. The molecule has 0 aliphatic carbocycles. The van der Waals surface area contributed by atoms with Crippen molar-refractivity contribution in [3.05, 3.63) is 213 Å². The summed E-state index contributed by atoms with van der Waals surface area (Å²) >= 11 is 0. The molecule has 7 rings (SSSR count). The first-order valence-corrected chi connectivity index (χ1v) is 18.7. The van der Waals surface area contributed by atoms with Gasteiger partial charge in [-0.15, -0.1) is 0 Å². The van der Waals surface area contributed by atoms with Crippen LogP contribution in [0, 0.1) is 41.5 Å². The van der Waals surface area contributed by atoms with Crippen molar-refractivity contribution >= 4 is 58.4 Å². The highest BCUT2D eigenvalue weighted by molar-refractivity contribution is 5.81. The lowest BCUT2D eigenvalue weighted by molar-refractivity contribution is 1.24. The van der Waals surface area contributed by atoms with Gasteiger partial charge in [0, 0.05) is 34.1 Å². The molecule has 0 aromatic heterocycles. The summed E-state index contributed by atoms with van der Waals surface area (Å²) in [4.78, 5) is 4.65. The molecule has 0 aliphatic heterocycles. The van der Waals surface area contributed by atoms with Crippen molar-refractivity contribution in [1.29, 1.82) is 0 Å². The molecule has 0 saturated heterocycles. The monoisotopic (exact) mass is 700 g/mol. The highest BCUT2D eigenvalue weighted by Gasteiger charge is 2.14. The van der Waals surface area contributed by atoms with Crippen LogP contribution < -0.4 is 9.80 Å². The van der Waals surface area contributed by atoms with Gasteiger partial charge >= 0.3 is 0 Å². The molecule has 0 fully saturated rings. The number of hydrogen-bond donors (Lipinski definition) is 0. The average molecular weight is 701 g/mol. The molecule has 0 N–H and O–H groups in total. The molecule has 0 heterocycles. The number of benzene rings is 7. The molecule has 266 valence electrons. The third-order valence-corrected chi connectivity index (χ3v) is 10.2. The Labute approximate surface area is 322 Å². The van der Waals surface area contributed by atoms with Gasteiger partial charge in [0.1, 0.15) is 0 Å². The average Bonchev–Trinajstić information content (AvgIpc) is 3.19. The topological polar surface area (TPSA) is 6.48 Å². The van der Waals surface area contributed by atoms with Crippen molar-refractivity contribution in [1.82, 2.24) is 0 Å². The fourth-order valence-corrected chi connectivity index (χ4v) is 6.63. The molecule has 0 spiro atoms. The van der Waals surface area contributed by atoms with E-state index in [2.05, 4.69) is 233 Å². The quantitative estimate of drug-likeness (QED) is 0.131. The largest absolute Gasteiger partial charge is 0.310 e. The SMILES string of the molecule is Cc1ccc(N(c2ccc(/C=C/c3cccc(/C=C/c4ccc(N(c5ccc(C)cc5)c5ccc(C)c(C)c5)cc4)c3)cc2)c2ccc(C)c(C)c2)cc1. The van der Waals surface area contributed by atoms with E-state index in [1.807, 2.05) is 0 Å². The van der Waals surface area contributed by atoms with Crippen LogP contribution in [0.1, 0.15) is 55.6 Å². The smallest absolute Gasteiger partial charge is 0.0464 e. The van der Waals surface area contributed by atoms with Crippen LogP contribution >= 0.6 is 0 Å². The van der Waals surface area contributed by atoms with Gasteiger partial charge in [-0.3, -0.25) is 0 Å². The maximum Gasteiger partial charge on any atom is 0.0464 e. The molecule has 0 amide bonds. The number of hydrogen-bond acceptors (Lipinski definition) is 2. The Morgan fingerprint density at radius 1 is 0.278 bits per heavy atom. The Morgan fingerprint density at radius 2 is 0.593 bits per heavy atom. The van der Waals surface area contributed by atoms with Crippen LogP contribution in [0.3, 0.4) is 0 Å². The Hall–Kier alpha value is -6.38. The van der Waals surface area contributed by atoms with E-state index in [0.29, 0.717) is 0 Å². The van der Waals surface area contributed by atoms with E-state index in [-0.39, 0.29) is 0 Å². The summed E-state index contributed by atoms with van der Waals surface area (Å²) in [6.45, 7) is 12.9. The first kappa shape index (κ1) is 36.0. The predicted octanol–water partition coefficient (Wildman–Crippen LogP) is 14.8. The van der Waals surface area contributed by atoms with Gasteiger partial charge in [0.15, 0.2) is 0 Å². The fraction of sp³-hybridized carbons (Fsp3) is 0.115. The molecular formula is C52H48N2. The lowest BCUT2D eigenvalue weighted by atomic mass is 10.1. The molecule has 7 aromatic rings. The van der Waals surface area contributed by atoms with Crippen LogP contribution in [-0.4, -0.2) is 0 Å². The Bertz CT molecular complexity index is 2240. The second-order valence-corrected chi connectivity index (χ2v) is 14.4. The Balaban J connectivity index is 1.07. The summed E-state index contributed by atoms with van der Waals surface area (Å²) in [5.41, 5.74) is 19.2. The van der Waals surface area contributed by atoms with Gasteiger partial charge in [-0.25, -0.2) is 0 Å². The maximum atomic E-state index is 2.33. The third kappa shape index (κ3) is 8.46. The summed E-state index contributed by atoms with van der Waals surface area (Å²) < 4.78 is 0. The van der Waals surface area contributed by atoms with Gasteiger partial charge in [-0.2, -0.15) is 0 Å². The minimum Gasteiger partial charge on any atom is -0.310 e. The van der Waals surface area contributed by atoms with Gasteiger partial charge in [0.2, 0.25) is 0 Å². The van der Waals surface area contributed by atoms with E-state index in [9.17, 15) is 0 Å². The molecule has 0 unspecified atom stereocenters. The lowest BCUT2D eigenvalue weighted by Crippen LogP contribution is -2.10. The molecular weight excluding hydrogens is 653 g/mol. The second kappa shape index (κ2) is 16.1. The highest BCUT2D eigenvalue weighted by Crippen LogP contribution is 2.37. The van der Waals surface area contributed by atoms with Crippen molar-refractivity contribution in [3.8, 4) is 0 Å². The summed E-state index contributed by atoms with van der Waals surface area (Å²) in [6, 6.07) is 57.1. The maximum absolute atomic E-state index is 2.33. The van der Waals surface area contributed by atoms with Gasteiger partial charge in [0.25, 0.3) is 0 Å². The zero-order chi connectivity index (χ0) is 37.6. The first-order valence-electron chi connectivity index (χ1n) is 18.7. The van der Waals surface area contributed by atoms with E-state index in [0.717, 1.165) is 56.4 Å². The standard InChI is InChI=1S/C52H48N2/c1-37-10-24-47(25-11-37)53(51-28-14-39(3)41(5)34-51)49-30-20-43(21-31-49)16-18-45-8-7-9-46(36-45)19-17-44-22-32-50(33-23-44)54(48-26-12-38(2)13-27-48)52-29-15-40(4)42(6)35-52/h7-36H,1-6H3/b18-16+,19-17+. The molecule has 0 aliphatic rings. The van der Waals surface area contributed by atoms with Crippen LogP contribution in [-0.2, 0) is 0 Å². The van der Waals surface area contributed by atoms with Crippen LogP contribution in [0.5, 0.6) is 0 Å². The minimum absolute atomic E-state index is 1.13. The van der Waals surface area contributed by atoms with Crippen molar-refractivity contribution in [2.75, 3.05) is 9.80 Å². The third-order valence-electron chi connectivity index (χ3n) is 10.2. The van der Waals surface area contributed by atoms with Crippen molar-refractivity contribution < 1.29 is 0 Å². The van der Waals surface area contributed by atoms with E-state index in [1.54, 1.807) is 0 Å². The van der Waals surface area contributed by atoms with Crippen molar-refractivity contribution in [2.45, 2.75) is 41.5 Å². The number of nitrogens with zero attached hydrogens (tertiary/aromatic N) is 2. The van der Waals surface area contributed by atoms with E-state index in [1.165, 1.54) is 33.4 Å². The Kier molecular flexibility index (Phi) is 10.7. The highest BCUT2D eigenvalue weighted by atomic mass is 15.1. The molecule has 2 heteroatoms. The van der Waals surface area contributed by atoms with Crippen LogP contribution in [0.15, 0.2) is 158 Å². The van der Waals surface area contributed by atoms with E-state index in [4.69, 9.17) is 0 Å². The summed E-state index contributed by atoms with van der Waals surface area (Å²) in [7, 11) is 0. The van der Waals surface area contributed by atoms with E-state index >= 15 is 0 Å². The molecule has 0 saturated carbocycles. The van der Waals surface area contributed by atoms with E-state index < -0.39 is 0 Å². The molecule has 7 aromatic carbocycles. The molecule has 0 radical (unpaired) electrons. The van der Waals surface area contributed by atoms with Crippen LogP contribution in [0.2, 0.25) is 0 Å². The number of rotatable bonds is 10. The zero-order valence-corrected chi connectivity index (χ0v) is 32.2. The molecule has 54 heavy (non-hydrogen) atoms. The molecule has 2 nitrogen and oxygen atoms in total. The van der Waals surface area contributed by atoms with Gasteiger partial charge < -0.3 is 9.80 Å². The summed E-state index contributed by atoms with van der Waals surface area (Å²) in [5.74, 6) is 0. The van der Waals surface area contributed by atoms with Gasteiger partial charge in [-0.1, -0.05) is 114 Å². The molecule has 0 atom stereocenters. The second-order valence-electron chi connectivity index (χ2n) is 14.4. The van der Waals surface area contributed by atoms with Crippen molar-refractivity contribution in [2.24, 2.45) is 0 Å². The van der Waals surface area contributed by atoms with Gasteiger partial charge in [-0.05, 0) is 165 Å². The molecule has 0 bridgehead atoms. The minimum atomic E-state index is 1.13. The summed E-state index contributed by atoms with van der Waals surface area (Å²) in [6.07, 6.45) is 8.75.